The van der Waals surface area contributed by atoms with E-state index in [0.29, 0.717) is 4.68 Å². The molecule has 16 heavy (non-hydrogen) atoms. The molecule has 6 heteroatoms. The van der Waals surface area contributed by atoms with E-state index in [0.717, 1.165) is 12.3 Å². The molecule has 0 saturated heterocycles. The maximum absolute atomic E-state index is 13.4. The average Bonchev–Trinajstić information content (AvgIpc) is 2.66. The molecule has 0 amide bonds. The van der Waals surface area contributed by atoms with Crippen LogP contribution in [0.5, 0.6) is 0 Å². The predicted molar refractivity (Wildman–Crippen MR) is 53.3 cm³/mol. The van der Waals surface area contributed by atoms with E-state index in [2.05, 4.69) is 5.10 Å². The Morgan fingerprint density at radius 3 is 2.62 bits per heavy atom. The van der Waals surface area contributed by atoms with Gasteiger partial charge in [-0.2, -0.15) is 13.9 Å². The van der Waals surface area contributed by atoms with Gasteiger partial charge in [-0.1, -0.05) is 0 Å². The fourth-order valence-corrected chi connectivity index (χ4v) is 1.35. The molecule has 0 aliphatic rings. The van der Waals surface area contributed by atoms with E-state index in [1.165, 1.54) is 18.3 Å². The monoisotopic (exact) mass is 227 g/mol. The van der Waals surface area contributed by atoms with Gasteiger partial charge in [0.25, 0.3) is 0 Å². The number of halogens is 3. The van der Waals surface area contributed by atoms with Gasteiger partial charge in [0.15, 0.2) is 0 Å². The first-order valence-corrected chi connectivity index (χ1v) is 4.45. The maximum atomic E-state index is 13.4. The van der Waals surface area contributed by atoms with E-state index in [4.69, 9.17) is 5.73 Å². The number of benzene rings is 1. The summed E-state index contributed by atoms with van der Waals surface area (Å²) in [5.74, 6) is -0.561. The van der Waals surface area contributed by atoms with Crippen molar-refractivity contribution >= 4 is 5.69 Å². The number of aromatic nitrogens is 2. The Labute approximate surface area is 89.3 Å². The lowest BCUT2D eigenvalue weighted by atomic mass is 10.1. The molecule has 2 N–H and O–H groups in total. The number of rotatable bonds is 2. The van der Waals surface area contributed by atoms with E-state index >= 15 is 0 Å². The highest BCUT2D eigenvalue weighted by Crippen LogP contribution is 2.25. The minimum absolute atomic E-state index is 0.195. The Balaban J connectivity index is 2.42. The SMILES string of the molecule is Nc1ccc(-c2cnn(C(F)F)c2)c(F)c1. The van der Waals surface area contributed by atoms with Crippen molar-refractivity contribution < 1.29 is 13.2 Å². The van der Waals surface area contributed by atoms with Crippen LogP contribution in [0.4, 0.5) is 18.9 Å². The van der Waals surface area contributed by atoms with Gasteiger partial charge < -0.3 is 5.73 Å². The fraction of sp³-hybridized carbons (Fsp3) is 0.100. The second-order valence-electron chi connectivity index (χ2n) is 3.23. The van der Waals surface area contributed by atoms with Gasteiger partial charge in [-0.3, -0.25) is 0 Å². The van der Waals surface area contributed by atoms with Crippen molar-refractivity contribution in [2.75, 3.05) is 5.73 Å². The molecular formula is C10H8F3N3. The molecule has 0 atom stereocenters. The maximum Gasteiger partial charge on any atom is 0.333 e. The normalized spacial score (nSPS) is 11.0. The van der Waals surface area contributed by atoms with Gasteiger partial charge in [0.05, 0.1) is 6.20 Å². The van der Waals surface area contributed by atoms with Crippen LogP contribution in [0.25, 0.3) is 11.1 Å². The summed E-state index contributed by atoms with van der Waals surface area (Å²) in [5.41, 5.74) is 6.14. The third-order valence-corrected chi connectivity index (χ3v) is 2.11. The lowest BCUT2D eigenvalue weighted by Gasteiger charge is -2.01. The largest absolute Gasteiger partial charge is 0.399 e. The minimum atomic E-state index is -2.73. The smallest absolute Gasteiger partial charge is 0.333 e. The standard InChI is InChI=1S/C10H8F3N3/c11-9-3-7(14)1-2-8(9)6-4-15-16(5-6)10(12)13/h1-5,10H,14H2. The van der Waals surface area contributed by atoms with Crippen LogP contribution in [-0.4, -0.2) is 9.78 Å². The molecule has 0 aliphatic carbocycles. The first-order valence-electron chi connectivity index (χ1n) is 4.45. The summed E-state index contributed by atoms with van der Waals surface area (Å²) < 4.78 is 38.4. The Hall–Kier alpha value is -1.98. The summed E-state index contributed by atoms with van der Waals surface area (Å²) in [5, 5.41) is 3.42. The van der Waals surface area contributed by atoms with Crippen molar-refractivity contribution in [3.63, 3.8) is 0 Å². The quantitative estimate of drug-likeness (QED) is 0.801. The first-order chi connectivity index (χ1) is 7.58. The number of nitrogens with zero attached hydrogens (tertiary/aromatic N) is 2. The van der Waals surface area contributed by atoms with Gasteiger partial charge in [-0.15, -0.1) is 0 Å². The van der Waals surface area contributed by atoms with Gasteiger partial charge in [0.1, 0.15) is 5.82 Å². The van der Waals surface area contributed by atoms with E-state index < -0.39 is 12.4 Å². The van der Waals surface area contributed by atoms with Crippen molar-refractivity contribution in [2.24, 2.45) is 0 Å². The highest BCUT2D eigenvalue weighted by atomic mass is 19.3. The lowest BCUT2D eigenvalue weighted by molar-refractivity contribution is 0.0566. The van der Waals surface area contributed by atoms with E-state index in [1.54, 1.807) is 0 Å². The van der Waals surface area contributed by atoms with Crippen molar-refractivity contribution in [1.82, 2.24) is 9.78 Å². The van der Waals surface area contributed by atoms with Crippen LogP contribution in [0.15, 0.2) is 30.6 Å². The highest BCUT2D eigenvalue weighted by molar-refractivity contribution is 5.64. The Morgan fingerprint density at radius 2 is 2.06 bits per heavy atom. The van der Waals surface area contributed by atoms with Crippen LogP contribution >= 0.6 is 0 Å². The minimum Gasteiger partial charge on any atom is -0.399 e. The molecule has 0 fully saturated rings. The third kappa shape index (κ3) is 1.86. The zero-order chi connectivity index (χ0) is 11.7. The second-order valence-corrected chi connectivity index (χ2v) is 3.23. The van der Waals surface area contributed by atoms with E-state index in [1.807, 2.05) is 0 Å². The van der Waals surface area contributed by atoms with Crippen molar-refractivity contribution in [1.29, 1.82) is 0 Å². The van der Waals surface area contributed by atoms with Crippen LogP contribution < -0.4 is 5.73 Å². The number of anilines is 1. The molecule has 1 heterocycles. The van der Waals surface area contributed by atoms with E-state index in [9.17, 15) is 13.2 Å². The van der Waals surface area contributed by atoms with Crippen molar-refractivity contribution in [3.8, 4) is 11.1 Å². The molecule has 0 spiro atoms. The molecule has 0 bridgehead atoms. The van der Waals surface area contributed by atoms with Crippen molar-refractivity contribution in [2.45, 2.75) is 6.55 Å². The van der Waals surface area contributed by atoms with Crippen LogP contribution in [-0.2, 0) is 0 Å². The zero-order valence-electron chi connectivity index (χ0n) is 8.07. The molecule has 0 unspecified atom stereocenters. The molecule has 1 aromatic carbocycles. The summed E-state index contributed by atoms with van der Waals surface area (Å²) in [4.78, 5) is 0. The van der Waals surface area contributed by atoms with Crippen LogP contribution in [0.1, 0.15) is 6.55 Å². The summed E-state index contributed by atoms with van der Waals surface area (Å²) in [6, 6.07) is 4.06. The van der Waals surface area contributed by atoms with Gasteiger partial charge in [-0.05, 0) is 18.2 Å². The number of alkyl halides is 2. The molecule has 2 rings (SSSR count). The second kappa shape index (κ2) is 3.88. The summed E-state index contributed by atoms with van der Waals surface area (Å²) >= 11 is 0. The Morgan fingerprint density at radius 1 is 1.31 bits per heavy atom. The van der Waals surface area contributed by atoms with Crippen LogP contribution in [0.3, 0.4) is 0 Å². The molecule has 0 radical (unpaired) electrons. The van der Waals surface area contributed by atoms with Gasteiger partial charge in [0, 0.05) is 23.0 Å². The summed E-state index contributed by atoms with van der Waals surface area (Å²) in [6.45, 7) is -2.73. The van der Waals surface area contributed by atoms with Gasteiger partial charge in [-0.25, -0.2) is 9.07 Å². The molecular weight excluding hydrogens is 219 g/mol. The van der Waals surface area contributed by atoms with Crippen LogP contribution in [0, 0.1) is 5.82 Å². The van der Waals surface area contributed by atoms with Crippen molar-refractivity contribution in [3.05, 3.63) is 36.4 Å². The average molecular weight is 227 g/mol. The number of hydrogen-bond acceptors (Lipinski definition) is 2. The Bertz CT molecular complexity index is 508. The molecule has 0 saturated carbocycles. The molecule has 3 nitrogen and oxygen atoms in total. The number of nitrogens with two attached hydrogens (primary N) is 1. The third-order valence-electron chi connectivity index (χ3n) is 2.11. The summed E-state index contributed by atoms with van der Waals surface area (Å²) in [7, 11) is 0. The van der Waals surface area contributed by atoms with Gasteiger partial charge in [0.2, 0.25) is 0 Å². The molecule has 84 valence electrons. The molecule has 1 aromatic heterocycles. The molecule has 2 aromatic rings. The number of hydrogen-bond donors (Lipinski definition) is 1. The number of nitrogen functional groups attached to an aromatic ring is 1. The lowest BCUT2D eigenvalue weighted by Crippen LogP contribution is -1.96. The van der Waals surface area contributed by atoms with Gasteiger partial charge >= 0.3 is 6.55 Å². The Kier molecular flexibility index (Phi) is 2.55. The topological polar surface area (TPSA) is 43.8 Å². The predicted octanol–water partition coefficient (Wildman–Crippen LogP) is 2.67. The van der Waals surface area contributed by atoms with Crippen LogP contribution in [0.2, 0.25) is 0 Å². The summed E-state index contributed by atoms with van der Waals surface area (Å²) in [6.07, 6.45) is 2.26. The van der Waals surface area contributed by atoms with E-state index in [-0.39, 0.29) is 16.8 Å². The zero-order valence-corrected chi connectivity index (χ0v) is 8.07. The highest BCUT2D eigenvalue weighted by Gasteiger charge is 2.11. The fourth-order valence-electron chi connectivity index (χ4n) is 1.35. The molecule has 0 aliphatic heterocycles. The first kappa shape index (κ1) is 10.5.